The van der Waals surface area contributed by atoms with Gasteiger partial charge in [-0.25, -0.2) is 0 Å². The molecule has 0 bridgehead atoms. The summed E-state index contributed by atoms with van der Waals surface area (Å²) in [6.45, 7) is 36.2. The van der Waals surface area contributed by atoms with Gasteiger partial charge in [-0.1, -0.05) is 27.7 Å². The Morgan fingerprint density at radius 2 is 1.27 bits per heavy atom. The summed E-state index contributed by atoms with van der Waals surface area (Å²) in [5.74, 6) is -1.46. The summed E-state index contributed by atoms with van der Waals surface area (Å²) in [5.41, 5.74) is 0. The molecule has 16 nitrogen and oxygen atoms in total. The molecule has 0 spiro atoms. The molecule has 0 aromatic rings. The van der Waals surface area contributed by atoms with Gasteiger partial charge in [0.1, 0.15) is 30.2 Å². The lowest BCUT2D eigenvalue weighted by molar-refractivity contribution is -0.303. The van der Waals surface area contributed by atoms with Crippen molar-refractivity contribution in [3.05, 3.63) is 0 Å². The molecule has 0 radical (unpaired) electrons. The van der Waals surface area contributed by atoms with Crippen LogP contribution in [0, 0.1) is 29.6 Å². The molecule has 3 heterocycles. The van der Waals surface area contributed by atoms with Crippen molar-refractivity contribution in [1.29, 1.82) is 0 Å². The molecule has 1 N–H and O–H groups in total. The van der Waals surface area contributed by atoms with Crippen molar-refractivity contribution >= 4 is 36.7 Å². The maximum absolute atomic E-state index is 14.7. The third-order valence-electron chi connectivity index (χ3n) is 14.0. The summed E-state index contributed by atoms with van der Waals surface area (Å²) in [5, 5.41) is 11.6. The van der Waals surface area contributed by atoms with E-state index in [-0.39, 0.29) is 60.7 Å². The number of methoxy groups -OCH3 is 2. The molecular weight excluding hydrogens is 963 g/mol. The zero-order valence-electron chi connectivity index (χ0n) is 48.2. The zero-order valence-corrected chi connectivity index (χ0v) is 51.2. The van der Waals surface area contributed by atoms with Gasteiger partial charge in [-0.05, 0) is 138 Å². The number of rotatable bonds is 21. The number of hydrogen-bond donors (Lipinski definition) is 1. The van der Waals surface area contributed by atoms with E-state index in [1.165, 1.54) is 0 Å². The largest absolute Gasteiger partial charge is 0.462 e. The van der Waals surface area contributed by atoms with Gasteiger partial charge >= 0.3 is 5.97 Å². The van der Waals surface area contributed by atoms with Crippen LogP contribution in [-0.4, -0.2) is 181 Å². The molecule has 0 amide bonds. The van der Waals surface area contributed by atoms with Crippen molar-refractivity contribution in [1.82, 2.24) is 4.90 Å². The Balaban J connectivity index is 2.17. The number of carbonyl (C=O) groups is 2. The number of hydrogen-bond acceptors (Lipinski definition) is 16. The molecule has 19 heteroatoms. The van der Waals surface area contributed by atoms with Gasteiger partial charge in [0.25, 0.3) is 0 Å². The monoisotopic (exact) mass is 1070 g/mol. The van der Waals surface area contributed by atoms with Gasteiger partial charge in [0.2, 0.25) is 0 Å². The normalized spacial score (nSPS) is 37.1. The van der Waals surface area contributed by atoms with E-state index in [0.717, 1.165) is 0 Å². The van der Waals surface area contributed by atoms with E-state index < -0.39 is 105 Å². The van der Waals surface area contributed by atoms with Gasteiger partial charge in [-0.15, -0.1) is 0 Å². The van der Waals surface area contributed by atoms with E-state index in [0.29, 0.717) is 51.7 Å². The minimum absolute atomic E-state index is 0.0364. The van der Waals surface area contributed by atoms with Crippen LogP contribution in [0.2, 0.25) is 58.9 Å². The molecule has 0 aromatic heterocycles. The molecule has 0 aromatic carbocycles. The van der Waals surface area contributed by atoms with Crippen LogP contribution in [0.5, 0.6) is 0 Å². The topological polar surface area (TPSA) is 168 Å². The lowest BCUT2D eigenvalue weighted by Crippen LogP contribution is -2.65. The lowest BCUT2D eigenvalue weighted by Gasteiger charge is -2.50. The maximum Gasteiger partial charge on any atom is 0.308 e. The fraction of sp³-hybridized carbons (Fsp3) is 0.962. The van der Waals surface area contributed by atoms with E-state index in [9.17, 15) is 14.7 Å². The van der Waals surface area contributed by atoms with Crippen molar-refractivity contribution in [3.8, 4) is 0 Å². The van der Waals surface area contributed by atoms with E-state index >= 15 is 0 Å². The second-order valence-electron chi connectivity index (χ2n) is 23.9. The molecule has 71 heavy (non-hydrogen) atoms. The first-order valence-electron chi connectivity index (χ1n) is 26.9. The smallest absolute Gasteiger partial charge is 0.308 e. The number of carbonyl (C=O) groups excluding carboxylic acids is 2. The highest BCUT2D eigenvalue weighted by atomic mass is 28.4. The van der Waals surface area contributed by atoms with Crippen molar-refractivity contribution < 1.29 is 70.6 Å². The number of aliphatic hydroxyl groups is 1. The minimum atomic E-state index is -2.36. The van der Waals surface area contributed by atoms with Crippen LogP contribution in [0.1, 0.15) is 100 Å². The highest BCUT2D eigenvalue weighted by Gasteiger charge is 2.51. The number of esters is 1. The van der Waals surface area contributed by atoms with Crippen molar-refractivity contribution in [2.45, 2.75) is 245 Å². The summed E-state index contributed by atoms with van der Waals surface area (Å²) in [7, 11) is 0.552. The summed E-state index contributed by atoms with van der Waals surface area (Å²) in [4.78, 5) is 31.2. The van der Waals surface area contributed by atoms with Crippen LogP contribution in [0.15, 0.2) is 0 Å². The van der Waals surface area contributed by atoms with E-state index in [1.54, 1.807) is 14.2 Å². The second-order valence-corrected chi connectivity index (χ2v) is 37.3. The first-order chi connectivity index (χ1) is 33.0. The number of cyclic esters (lactones) is 1. The van der Waals surface area contributed by atoms with Crippen molar-refractivity contribution in [2.75, 3.05) is 48.1 Å². The molecule has 3 saturated heterocycles. The average molecular weight is 1070 g/mol. The Morgan fingerprint density at radius 1 is 0.704 bits per heavy atom. The predicted molar refractivity (Wildman–Crippen MR) is 284 cm³/mol. The van der Waals surface area contributed by atoms with E-state index in [1.807, 2.05) is 60.5 Å². The molecule has 1 unspecified atom stereocenters. The first-order valence-corrected chi connectivity index (χ1v) is 37.2. The number of aliphatic hydroxyl groups excluding tert-OH is 1. The van der Waals surface area contributed by atoms with E-state index in [2.05, 4.69) is 72.8 Å². The highest BCUT2D eigenvalue weighted by Crippen LogP contribution is 2.39. The molecule has 18 atom stereocenters. The summed E-state index contributed by atoms with van der Waals surface area (Å²) in [6.07, 6.45) is -4.76. The first kappa shape index (κ1) is 64.6. The number of ketones is 1. The SMILES string of the molecule is CCOC(C[C@H]1C[C@@H](C)C(=O)CCC(C)C[C@H](CO[C@@H]2O[C@H](C)[C@@H](O[Si](C)(C)C)[C@@H](OC)[C@H]2OC)[C@@H](CC)OC(=O)C[C@@H](O[Si](C)(C)C)[C@H](C)[C@H]1O[C@@H]1O[C@H](C)[C@@H](O)[C@H](N(C)C)[C@H]1O[Si](C)(C)C)OCC. The van der Waals surface area contributed by atoms with E-state index in [4.69, 9.17) is 55.9 Å². The average Bonchev–Trinajstić information content (AvgIpc) is 3.25. The van der Waals surface area contributed by atoms with Gasteiger partial charge in [0, 0.05) is 58.0 Å². The van der Waals surface area contributed by atoms with Crippen molar-refractivity contribution in [3.63, 3.8) is 0 Å². The number of ether oxygens (including phenoxy) is 9. The van der Waals surface area contributed by atoms with Gasteiger partial charge < -0.3 is 65.9 Å². The highest BCUT2D eigenvalue weighted by molar-refractivity contribution is 6.70. The molecule has 3 rings (SSSR count). The number of Topliss-reactive ketones (excluding diaryl/α,β-unsaturated/α-hetero) is 1. The van der Waals surface area contributed by atoms with Gasteiger partial charge in [-0.2, -0.15) is 0 Å². The fourth-order valence-electron chi connectivity index (χ4n) is 10.7. The summed E-state index contributed by atoms with van der Waals surface area (Å²) < 4.78 is 78.9. The van der Waals surface area contributed by atoms with Crippen LogP contribution in [0.4, 0.5) is 0 Å². The van der Waals surface area contributed by atoms with Gasteiger partial charge in [0.05, 0.1) is 55.7 Å². The Hall–Kier alpha value is -0.729. The minimum Gasteiger partial charge on any atom is -0.462 e. The zero-order chi connectivity index (χ0) is 53.8. The molecule has 3 aliphatic heterocycles. The van der Waals surface area contributed by atoms with Crippen LogP contribution in [0.3, 0.4) is 0 Å². The molecular formula is C52H103NO15Si3. The van der Waals surface area contributed by atoms with Gasteiger partial charge in [0.15, 0.2) is 43.8 Å². The van der Waals surface area contributed by atoms with Crippen molar-refractivity contribution in [2.24, 2.45) is 29.6 Å². The summed E-state index contributed by atoms with van der Waals surface area (Å²) >= 11 is 0. The van der Waals surface area contributed by atoms with Gasteiger partial charge in [-0.3, -0.25) is 9.59 Å². The molecule has 0 aliphatic carbocycles. The third-order valence-corrected chi connectivity index (χ3v) is 17.0. The van der Waals surface area contributed by atoms with Crippen LogP contribution < -0.4 is 0 Å². The molecule has 3 aliphatic rings. The Bertz CT molecular complexity index is 1560. The Kier molecular flexibility index (Phi) is 26.5. The Labute approximate surface area is 433 Å². The summed E-state index contributed by atoms with van der Waals surface area (Å²) in [6, 6.07) is -0.444. The second kappa shape index (κ2) is 29.1. The van der Waals surface area contributed by atoms with Crippen LogP contribution in [-0.2, 0) is 65.5 Å². The number of nitrogens with zero attached hydrogens (tertiary/aromatic N) is 1. The molecule has 418 valence electrons. The molecule has 0 saturated carbocycles. The third kappa shape index (κ3) is 20.3. The van der Waals surface area contributed by atoms with Crippen LogP contribution in [0.25, 0.3) is 0 Å². The number of likely N-dealkylation sites (N-methyl/N-ethyl adjacent to an activating group) is 1. The maximum atomic E-state index is 14.7. The standard InChI is InChI=1S/C52H103NO15Si3/c1-22-40-38(31-61-51-50(58-12)49(57-11)47(36(8)63-51)67-70(16,17)18)27-32(4)25-26-39(54)33(5)28-37(29-43(59-23-2)60-24-3)46(34(6)41(30-42(55)64-40)66-69(13,14)15)65-52-48(68-71(19,20)21)44(53(9)10)45(56)35(7)62-52/h32-38,40-41,43-52,56H,22-31H2,1-21H3/t32?,33-,34+,35-,36-,37-,38-,40-,41-,44+,45-,46-,47-,48-,49-,50-,51-,52+/m1/s1. The predicted octanol–water partition coefficient (Wildman–Crippen LogP) is 8.64. The molecule has 3 fully saturated rings. The quantitative estimate of drug-likeness (QED) is 0.0658. The Morgan fingerprint density at radius 3 is 1.79 bits per heavy atom. The fourth-order valence-corrected chi connectivity index (χ4v) is 14.1. The van der Waals surface area contributed by atoms with Crippen LogP contribution >= 0.6 is 0 Å². The lowest BCUT2D eigenvalue weighted by atomic mass is 9.78.